The van der Waals surface area contributed by atoms with E-state index in [-0.39, 0.29) is 0 Å². The van der Waals surface area contributed by atoms with Crippen LogP contribution in [0.5, 0.6) is 0 Å². The van der Waals surface area contributed by atoms with Crippen LogP contribution in [0, 0.1) is 0 Å². The fourth-order valence-corrected chi connectivity index (χ4v) is 3.66. The fourth-order valence-electron chi connectivity index (χ4n) is 1.50. The van der Waals surface area contributed by atoms with Gasteiger partial charge in [0, 0.05) is 6.61 Å². The van der Waals surface area contributed by atoms with Gasteiger partial charge in [-0.25, -0.2) is 0 Å². The monoisotopic (exact) mass is 188 g/mol. The summed E-state index contributed by atoms with van der Waals surface area (Å²) in [6, 6.07) is 0. The molecule has 2 heteroatoms. The minimum absolute atomic E-state index is 0.446. The van der Waals surface area contributed by atoms with Crippen molar-refractivity contribution in [3.8, 4) is 0 Å². The van der Waals surface area contributed by atoms with Gasteiger partial charge in [0.1, 0.15) is 0 Å². The predicted octanol–water partition coefficient (Wildman–Crippen LogP) is 3.01. The van der Waals surface area contributed by atoms with E-state index in [1.807, 2.05) is 0 Å². The first kappa shape index (κ1) is 10.3. The summed E-state index contributed by atoms with van der Waals surface area (Å²) in [7, 11) is 0.446. The highest BCUT2D eigenvalue weighted by Crippen LogP contribution is 2.30. The van der Waals surface area contributed by atoms with Crippen LogP contribution in [0.4, 0.5) is 0 Å². The highest BCUT2D eigenvalue weighted by atomic mass is 32.2. The molecule has 1 aliphatic heterocycles. The Hall–Kier alpha value is 0.180. The van der Waals surface area contributed by atoms with Crippen molar-refractivity contribution in [2.24, 2.45) is 0 Å². The Morgan fingerprint density at radius 3 is 2.92 bits per heavy atom. The molecule has 0 radical (unpaired) electrons. The number of rotatable bonds is 4. The molecule has 1 nitrogen and oxygen atoms in total. The first-order chi connectivity index (χ1) is 5.88. The Balaban J connectivity index is 2.33. The second kappa shape index (κ2) is 5.76. The van der Waals surface area contributed by atoms with E-state index in [0.717, 1.165) is 6.61 Å². The van der Waals surface area contributed by atoms with E-state index in [1.54, 1.807) is 0 Å². The Labute approximate surface area is 78.4 Å². The van der Waals surface area contributed by atoms with Crippen molar-refractivity contribution in [3.63, 3.8) is 0 Å². The maximum Gasteiger partial charge on any atom is 0.0979 e. The van der Waals surface area contributed by atoms with Crippen molar-refractivity contribution in [2.75, 3.05) is 12.4 Å². The lowest BCUT2D eigenvalue weighted by atomic mass is 10.4. The molecule has 1 fully saturated rings. The third-order valence-corrected chi connectivity index (χ3v) is 4.67. The molecular weight excluding hydrogens is 168 g/mol. The highest BCUT2D eigenvalue weighted by Gasteiger charge is 2.17. The minimum Gasteiger partial charge on any atom is -0.368 e. The summed E-state index contributed by atoms with van der Waals surface area (Å²) in [5, 5.41) is 2.35. The molecule has 0 bridgehead atoms. The van der Waals surface area contributed by atoms with Crippen LogP contribution in [0.1, 0.15) is 39.5 Å². The summed E-state index contributed by atoms with van der Waals surface area (Å²) in [6.07, 6.45) is 5.22. The molecule has 2 unspecified atom stereocenters. The van der Waals surface area contributed by atoms with Crippen molar-refractivity contribution < 1.29 is 4.74 Å². The zero-order chi connectivity index (χ0) is 8.81. The van der Waals surface area contributed by atoms with Crippen molar-refractivity contribution in [1.29, 1.82) is 0 Å². The molecule has 1 rings (SSSR count). The molecule has 1 saturated heterocycles. The summed E-state index contributed by atoms with van der Waals surface area (Å²) in [4.78, 5) is 0. The molecule has 72 valence electrons. The maximum atomic E-state index is 5.68. The molecule has 0 aromatic carbocycles. The normalized spacial score (nSPS) is 26.3. The van der Waals surface area contributed by atoms with E-state index in [2.05, 4.69) is 19.2 Å². The van der Waals surface area contributed by atoms with Crippen LogP contribution in [0.3, 0.4) is 0 Å². The second-order valence-electron chi connectivity index (χ2n) is 3.21. The minimum atomic E-state index is 0.446. The molecule has 0 saturated carbocycles. The molecule has 1 aliphatic rings. The van der Waals surface area contributed by atoms with Crippen LogP contribution in [-0.4, -0.2) is 23.2 Å². The zero-order valence-electron chi connectivity index (χ0n) is 8.21. The van der Waals surface area contributed by atoms with Crippen LogP contribution >= 0.6 is 10.5 Å². The Bertz CT molecular complexity index is 148. The van der Waals surface area contributed by atoms with E-state index in [9.17, 15) is 0 Å². The van der Waals surface area contributed by atoms with E-state index >= 15 is 0 Å². The summed E-state index contributed by atoms with van der Waals surface area (Å²) in [5.41, 5.74) is 0.571. The predicted molar refractivity (Wildman–Crippen MR) is 58.1 cm³/mol. The first-order valence-electron chi connectivity index (χ1n) is 4.98. The Morgan fingerprint density at radius 2 is 2.42 bits per heavy atom. The number of ether oxygens (including phenoxy) is 1. The van der Waals surface area contributed by atoms with Gasteiger partial charge in [-0.2, -0.15) is 10.5 Å². The van der Waals surface area contributed by atoms with Crippen molar-refractivity contribution in [2.45, 2.75) is 45.0 Å². The number of unbranched alkanes of at least 4 members (excludes halogenated alkanes) is 1. The molecule has 0 aromatic heterocycles. The summed E-state index contributed by atoms with van der Waals surface area (Å²) in [5.74, 6) is 1.34. The zero-order valence-corrected chi connectivity index (χ0v) is 9.03. The molecule has 2 atom stereocenters. The maximum absolute atomic E-state index is 5.68. The second-order valence-corrected chi connectivity index (χ2v) is 5.55. The van der Waals surface area contributed by atoms with Gasteiger partial charge in [0.15, 0.2) is 0 Å². The third-order valence-electron chi connectivity index (χ3n) is 2.26. The third kappa shape index (κ3) is 2.91. The molecule has 1 heterocycles. The van der Waals surface area contributed by atoms with Gasteiger partial charge in [-0.15, -0.1) is 0 Å². The van der Waals surface area contributed by atoms with Crippen LogP contribution in [-0.2, 0) is 4.74 Å². The van der Waals surface area contributed by atoms with Gasteiger partial charge < -0.3 is 4.74 Å². The van der Waals surface area contributed by atoms with Gasteiger partial charge in [0.25, 0.3) is 0 Å². The Kier molecular flexibility index (Phi) is 4.93. The molecule has 0 spiro atoms. The molecule has 0 aliphatic carbocycles. The molecule has 0 N–H and O–H groups in total. The van der Waals surface area contributed by atoms with Crippen molar-refractivity contribution in [3.05, 3.63) is 0 Å². The van der Waals surface area contributed by atoms with Crippen LogP contribution in [0.2, 0.25) is 0 Å². The average Bonchev–Trinajstić information content (AvgIpc) is 2.59. The van der Waals surface area contributed by atoms with Gasteiger partial charge in [0.05, 0.1) is 5.44 Å². The SMILES string of the molecule is CC=S(CCCC)C1CCCO1. The summed E-state index contributed by atoms with van der Waals surface area (Å²) >= 11 is 0. The lowest BCUT2D eigenvalue weighted by Crippen LogP contribution is -2.04. The molecule has 0 amide bonds. The number of hydrogen-bond donors (Lipinski definition) is 0. The molecular formula is C10H20OS. The summed E-state index contributed by atoms with van der Waals surface area (Å²) < 4.78 is 5.68. The smallest absolute Gasteiger partial charge is 0.0979 e. The highest BCUT2D eigenvalue weighted by molar-refractivity contribution is 8.15. The molecule has 0 aromatic rings. The van der Waals surface area contributed by atoms with Gasteiger partial charge in [0.2, 0.25) is 0 Å². The van der Waals surface area contributed by atoms with E-state index in [4.69, 9.17) is 4.74 Å². The topological polar surface area (TPSA) is 9.23 Å². The van der Waals surface area contributed by atoms with Crippen LogP contribution < -0.4 is 0 Å². The van der Waals surface area contributed by atoms with Crippen LogP contribution in [0.25, 0.3) is 0 Å². The van der Waals surface area contributed by atoms with E-state index < -0.39 is 0 Å². The fraction of sp³-hybridized carbons (Fsp3) is 0.900. The largest absolute Gasteiger partial charge is 0.368 e. The standard InChI is InChI=1S/C10H20OS/c1-3-5-9-12(4-2)10-7-6-8-11-10/h4,10H,3,5-9H2,1-2H3. The van der Waals surface area contributed by atoms with Crippen molar-refractivity contribution >= 4 is 15.9 Å². The first-order valence-corrected chi connectivity index (χ1v) is 6.50. The average molecular weight is 188 g/mol. The van der Waals surface area contributed by atoms with Crippen LogP contribution in [0.15, 0.2) is 0 Å². The van der Waals surface area contributed by atoms with E-state index in [1.165, 1.54) is 31.4 Å². The van der Waals surface area contributed by atoms with Gasteiger partial charge in [-0.3, -0.25) is 0 Å². The lowest BCUT2D eigenvalue weighted by molar-refractivity contribution is 0.173. The van der Waals surface area contributed by atoms with E-state index in [0.29, 0.717) is 15.9 Å². The lowest BCUT2D eigenvalue weighted by Gasteiger charge is -2.15. The Morgan fingerprint density at radius 1 is 1.58 bits per heavy atom. The van der Waals surface area contributed by atoms with Gasteiger partial charge >= 0.3 is 0 Å². The summed E-state index contributed by atoms with van der Waals surface area (Å²) in [6.45, 7) is 5.43. The molecule has 12 heavy (non-hydrogen) atoms. The van der Waals surface area contributed by atoms with Crippen molar-refractivity contribution in [1.82, 2.24) is 0 Å². The van der Waals surface area contributed by atoms with Gasteiger partial charge in [-0.05, 0) is 31.9 Å². The quantitative estimate of drug-likeness (QED) is 0.616. The number of hydrogen-bond acceptors (Lipinski definition) is 1. The van der Waals surface area contributed by atoms with Gasteiger partial charge in [-0.1, -0.05) is 18.7 Å².